The molecule has 1 aromatic rings. The van der Waals surface area contributed by atoms with E-state index in [-0.39, 0.29) is 16.8 Å². The molecule has 0 spiro atoms. The number of rotatable bonds is 3. The van der Waals surface area contributed by atoms with Crippen molar-refractivity contribution in [1.82, 2.24) is 9.21 Å². The van der Waals surface area contributed by atoms with E-state index in [1.807, 2.05) is 7.05 Å². The van der Waals surface area contributed by atoms with E-state index in [0.29, 0.717) is 6.54 Å². The van der Waals surface area contributed by atoms with Gasteiger partial charge in [-0.3, -0.25) is 0 Å². The van der Waals surface area contributed by atoms with E-state index in [1.54, 1.807) is 0 Å². The highest BCUT2D eigenvalue weighted by Gasteiger charge is 2.33. The molecule has 8 heteroatoms. The molecule has 21 heavy (non-hydrogen) atoms. The van der Waals surface area contributed by atoms with Gasteiger partial charge in [-0.1, -0.05) is 11.6 Å². The summed E-state index contributed by atoms with van der Waals surface area (Å²) in [6.45, 7) is 1.55. The normalized spacial score (nSPS) is 20.9. The van der Waals surface area contributed by atoms with Crippen LogP contribution in [0.5, 0.6) is 0 Å². The molecule has 118 valence electrons. The minimum Gasteiger partial charge on any atom is -0.399 e. The summed E-state index contributed by atoms with van der Waals surface area (Å²) >= 11 is 5.69. The topological polar surface area (TPSA) is 66.6 Å². The lowest BCUT2D eigenvalue weighted by Gasteiger charge is -2.35. The first-order valence-corrected chi connectivity index (χ1v) is 8.46. The molecule has 2 rings (SSSR count). The second kappa shape index (κ2) is 6.08. The van der Waals surface area contributed by atoms with Gasteiger partial charge in [-0.25, -0.2) is 12.8 Å². The number of likely N-dealkylation sites (N-methyl/N-ethyl adjacent to an activating group) is 2. The van der Waals surface area contributed by atoms with Gasteiger partial charge < -0.3 is 10.6 Å². The number of sulfonamides is 1. The van der Waals surface area contributed by atoms with Gasteiger partial charge in [0.05, 0.1) is 5.02 Å². The average molecular weight is 336 g/mol. The predicted octanol–water partition coefficient (Wildman–Crippen LogP) is 1.78. The Hall–Kier alpha value is -0.890. The first kappa shape index (κ1) is 16.5. The monoisotopic (exact) mass is 335 g/mol. The molecule has 0 aliphatic carbocycles. The highest BCUT2D eigenvalue weighted by atomic mass is 35.5. The molecule has 0 saturated carbocycles. The zero-order valence-electron chi connectivity index (χ0n) is 12.0. The maximum absolute atomic E-state index is 14.1. The molecular formula is C13H19ClFN3O2S. The zero-order valence-corrected chi connectivity index (χ0v) is 13.6. The van der Waals surface area contributed by atoms with E-state index in [4.69, 9.17) is 17.3 Å². The van der Waals surface area contributed by atoms with E-state index in [1.165, 1.54) is 17.4 Å². The number of hydrogen-bond acceptors (Lipinski definition) is 4. The Morgan fingerprint density at radius 1 is 1.48 bits per heavy atom. The van der Waals surface area contributed by atoms with Crippen molar-refractivity contribution in [2.45, 2.75) is 23.8 Å². The number of benzene rings is 1. The molecule has 1 unspecified atom stereocenters. The Labute approximate surface area is 129 Å². The molecule has 1 aromatic carbocycles. The van der Waals surface area contributed by atoms with Crippen molar-refractivity contribution >= 4 is 27.3 Å². The van der Waals surface area contributed by atoms with Crippen LogP contribution in [0.1, 0.15) is 12.8 Å². The summed E-state index contributed by atoms with van der Waals surface area (Å²) in [5.41, 5.74) is 5.70. The number of hydrogen-bond donors (Lipinski definition) is 1. The van der Waals surface area contributed by atoms with Crippen LogP contribution in [0.3, 0.4) is 0 Å². The second-order valence-corrected chi connectivity index (χ2v) is 7.77. The quantitative estimate of drug-likeness (QED) is 0.855. The van der Waals surface area contributed by atoms with Gasteiger partial charge in [-0.2, -0.15) is 4.31 Å². The molecular weight excluding hydrogens is 317 g/mol. The third-order valence-electron chi connectivity index (χ3n) is 3.79. The molecule has 1 aliphatic heterocycles. The fraction of sp³-hybridized carbons (Fsp3) is 0.538. The van der Waals surface area contributed by atoms with Gasteiger partial charge in [-0.15, -0.1) is 0 Å². The van der Waals surface area contributed by atoms with Crippen molar-refractivity contribution < 1.29 is 12.8 Å². The number of likely N-dealkylation sites (tertiary alicyclic amines) is 1. The second-order valence-electron chi connectivity index (χ2n) is 5.39. The third-order valence-corrected chi connectivity index (χ3v) is 5.97. The number of nitrogens with zero attached hydrogens (tertiary/aromatic N) is 2. The highest BCUT2D eigenvalue weighted by Crippen LogP contribution is 2.29. The largest absolute Gasteiger partial charge is 0.399 e. The van der Waals surface area contributed by atoms with E-state index >= 15 is 0 Å². The standard InChI is InChI=1S/C13H19ClFN3O2S/c1-17-5-3-4-10(8-17)18(2)21(19,20)12-7-9(16)6-11(14)13(12)15/h6-7,10H,3-5,8,16H2,1-2H3. The lowest BCUT2D eigenvalue weighted by Crippen LogP contribution is -2.47. The summed E-state index contributed by atoms with van der Waals surface area (Å²) in [5, 5.41) is -0.289. The van der Waals surface area contributed by atoms with Gasteiger partial charge in [0.2, 0.25) is 10.0 Å². The molecule has 1 fully saturated rings. The molecule has 0 radical (unpaired) electrons. The van der Waals surface area contributed by atoms with Crippen molar-refractivity contribution in [1.29, 1.82) is 0 Å². The maximum atomic E-state index is 14.1. The van der Waals surface area contributed by atoms with Crippen LogP contribution in [0, 0.1) is 5.82 Å². The van der Waals surface area contributed by atoms with Crippen molar-refractivity contribution in [3.8, 4) is 0 Å². The minimum atomic E-state index is -3.97. The summed E-state index contributed by atoms with van der Waals surface area (Å²) in [6.07, 6.45) is 1.65. The Balaban J connectivity index is 2.37. The lowest BCUT2D eigenvalue weighted by atomic mass is 10.1. The van der Waals surface area contributed by atoms with Crippen LogP contribution in [0.4, 0.5) is 10.1 Å². The molecule has 0 bridgehead atoms. The molecule has 2 N–H and O–H groups in total. The smallest absolute Gasteiger partial charge is 0.246 e. The number of nitrogen functional groups attached to an aromatic ring is 1. The summed E-state index contributed by atoms with van der Waals surface area (Å²) in [5.74, 6) is -0.957. The molecule has 1 saturated heterocycles. The lowest BCUT2D eigenvalue weighted by molar-refractivity contribution is 0.187. The molecule has 1 heterocycles. The average Bonchev–Trinajstić information content (AvgIpc) is 2.41. The zero-order chi connectivity index (χ0) is 15.8. The van der Waals surface area contributed by atoms with Gasteiger partial charge in [0.15, 0.2) is 5.82 Å². The summed E-state index contributed by atoms with van der Waals surface area (Å²) < 4.78 is 40.5. The molecule has 1 atom stereocenters. The molecule has 0 aromatic heterocycles. The third kappa shape index (κ3) is 3.31. The fourth-order valence-electron chi connectivity index (χ4n) is 2.56. The summed E-state index contributed by atoms with van der Waals surface area (Å²) in [6, 6.07) is 2.12. The predicted molar refractivity (Wildman–Crippen MR) is 81.3 cm³/mol. The van der Waals surface area contributed by atoms with E-state index in [9.17, 15) is 12.8 Å². The summed E-state index contributed by atoms with van der Waals surface area (Å²) in [7, 11) is -0.567. The van der Waals surface area contributed by atoms with Gasteiger partial charge >= 0.3 is 0 Å². The first-order valence-electron chi connectivity index (χ1n) is 6.64. The Kier molecular flexibility index (Phi) is 4.77. The molecule has 1 aliphatic rings. The fourth-order valence-corrected chi connectivity index (χ4v) is 4.34. The van der Waals surface area contributed by atoms with Crippen LogP contribution >= 0.6 is 11.6 Å². The van der Waals surface area contributed by atoms with E-state index in [0.717, 1.165) is 25.5 Å². The number of piperidine rings is 1. The Morgan fingerprint density at radius 3 is 2.76 bits per heavy atom. The van der Waals surface area contributed by atoms with Crippen LogP contribution in [0.15, 0.2) is 17.0 Å². The van der Waals surface area contributed by atoms with Crippen LogP contribution in [0.25, 0.3) is 0 Å². The van der Waals surface area contributed by atoms with Crippen LogP contribution in [0.2, 0.25) is 5.02 Å². The van der Waals surface area contributed by atoms with Crippen LogP contribution in [-0.2, 0) is 10.0 Å². The summed E-state index contributed by atoms with van der Waals surface area (Å²) in [4.78, 5) is 1.59. The van der Waals surface area contributed by atoms with Gasteiger partial charge in [0.25, 0.3) is 0 Å². The number of halogens is 2. The van der Waals surface area contributed by atoms with Crippen molar-refractivity contribution in [2.24, 2.45) is 0 Å². The van der Waals surface area contributed by atoms with Crippen molar-refractivity contribution in [2.75, 3.05) is 32.9 Å². The highest BCUT2D eigenvalue weighted by molar-refractivity contribution is 7.89. The van der Waals surface area contributed by atoms with E-state index < -0.39 is 20.7 Å². The number of anilines is 1. The van der Waals surface area contributed by atoms with Crippen LogP contribution in [-0.4, -0.2) is 50.8 Å². The minimum absolute atomic E-state index is 0.120. The van der Waals surface area contributed by atoms with Gasteiger partial charge in [-0.05, 0) is 38.6 Å². The molecule has 5 nitrogen and oxygen atoms in total. The molecule has 0 amide bonds. The van der Waals surface area contributed by atoms with Gasteiger partial charge in [0.1, 0.15) is 4.90 Å². The number of nitrogens with two attached hydrogens (primary N) is 1. The Bertz CT molecular complexity index is 639. The van der Waals surface area contributed by atoms with Crippen LogP contribution < -0.4 is 5.73 Å². The van der Waals surface area contributed by atoms with Crippen molar-refractivity contribution in [3.05, 3.63) is 23.0 Å². The SMILES string of the molecule is CN1CCCC(N(C)S(=O)(=O)c2cc(N)cc(Cl)c2F)C1. The van der Waals surface area contributed by atoms with E-state index in [2.05, 4.69) is 4.90 Å². The first-order chi connectivity index (χ1) is 9.73. The maximum Gasteiger partial charge on any atom is 0.246 e. The Morgan fingerprint density at radius 2 is 2.14 bits per heavy atom. The van der Waals surface area contributed by atoms with Crippen molar-refractivity contribution in [3.63, 3.8) is 0 Å². The van der Waals surface area contributed by atoms with Gasteiger partial charge in [0, 0.05) is 25.3 Å².